The van der Waals surface area contributed by atoms with E-state index in [2.05, 4.69) is 26.2 Å². The maximum absolute atomic E-state index is 12.5. The van der Waals surface area contributed by atoms with Crippen molar-refractivity contribution in [1.29, 1.82) is 0 Å². The van der Waals surface area contributed by atoms with Crippen LogP contribution >= 0.6 is 15.9 Å². The SMILES string of the molecule is O=C(NC1CCc2cc(Br)cnc21)C1(NC(O)C(F)(F)F)CC1. The summed E-state index contributed by atoms with van der Waals surface area (Å²) in [7, 11) is 0. The summed E-state index contributed by atoms with van der Waals surface area (Å²) >= 11 is 3.33. The number of halogens is 4. The molecule has 0 radical (unpaired) electrons. The average molecular weight is 394 g/mol. The molecule has 3 rings (SSSR count). The van der Waals surface area contributed by atoms with E-state index in [-0.39, 0.29) is 18.9 Å². The lowest BCUT2D eigenvalue weighted by Gasteiger charge is -2.24. The van der Waals surface area contributed by atoms with E-state index in [9.17, 15) is 18.0 Å². The van der Waals surface area contributed by atoms with Crippen LogP contribution in [0.2, 0.25) is 0 Å². The molecule has 2 aliphatic carbocycles. The summed E-state index contributed by atoms with van der Waals surface area (Å²) in [5.74, 6) is -0.525. The highest BCUT2D eigenvalue weighted by Gasteiger charge is 2.55. The number of aliphatic hydroxyl groups is 1. The molecule has 5 nitrogen and oxygen atoms in total. The van der Waals surface area contributed by atoms with Gasteiger partial charge in [0.15, 0.2) is 0 Å². The summed E-state index contributed by atoms with van der Waals surface area (Å²) in [6.45, 7) is 0. The fourth-order valence-electron chi connectivity index (χ4n) is 2.78. The number of alkyl halides is 3. The van der Waals surface area contributed by atoms with Crippen LogP contribution in [0.1, 0.15) is 36.6 Å². The van der Waals surface area contributed by atoms with Gasteiger partial charge in [0.25, 0.3) is 0 Å². The van der Waals surface area contributed by atoms with Crippen LogP contribution in [0, 0.1) is 0 Å². The normalized spacial score (nSPS) is 23.3. The number of aromatic nitrogens is 1. The highest BCUT2D eigenvalue weighted by atomic mass is 79.9. The van der Waals surface area contributed by atoms with Crippen LogP contribution in [0.15, 0.2) is 16.7 Å². The van der Waals surface area contributed by atoms with Gasteiger partial charge in [-0.1, -0.05) is 0 Å². The van der Waals surface area contributed by atoms with Crippen molar-refractivity contribution >= 4 is 21.8 Å². The lowest BCUT2D eigenvalue weighted by Crippen LogP contribution is -2.55. The number of nitrogens with zero attached hydrogens (tertiary/aromatic N) is 1. The van der Waals surface area contributed by atoms with Crippen LogP contribution in [0.3, 0.4) is 0 Å². The molecule has 1 heterocycles. The van der Waals surface area contributed by atoms with Gasteiger partial charge in [-0.2, -0.15) is 13.2 Å². The van der Waals surface area contributed by atoms with E-state index in [1.54, 1.807) is 6.20 Å². The number of hydrogen-bond acceptors (Lipinski definition) is 4. The molecular formula is C14H15BrF3N3O2. The van der Waals surface area contributed by atoms with Gasteiger partial charge in [0.2, 0.25) is 12.1 Å². The van der Waals surface area contributed by atoms with E-state index < -0.39 is 23.9 Å². The van der Waals surface area contributed by atoms with E-state index in [1.165, 1.54) is 0 Å². The van der Waals surface area contributed by atoms with Gasteiger partial charge in [-0.25, -0.2) is 0 Å². The number of amides is 1. The number of hydrogen-bond donors (Lipinski definition) is 3. The maximum Gasteiger partial charge on any atom is 0.428 e. The molecule has 0 spiro atoms. The van der Waals surface area contributed by atoms with Gasteiger partial charge in [0, 0.05) is 10.7 Å². The minimum Gasteiger partial charge on any atom is -0.370 e. The molecule has 0 aliphatic heterocycles. The zero-order valence-corrected chi connectivity index (χ0v) is 13.5. The van der Waals surface area contributed by atoms with Crippen LogP contribution in [0.25, 0.3) is 0 Å². The van der Waals surface area contributed by atoms with Crippen molar-refractivity contribution in [1.82, 2.24) is 15.6 Å². The Morgan fingerprint density at radius 1 is 1.48 bits per heavy atom. The number of rotatable bonds is 4. The van der Waals surface area contributed by atoms with Crippen molar-refractivity contribution in [3.05, 3.63) is 28.0 Å². The highest BCUT2D eigenvalue weighted by molar-refractivity contribution is 9.10. The van der Waals surface area contributed by atoms with Crippen LogP contribution in [0.4, 0.5) is 13.2 Å². The highest BCUT2D eigenvalue weighted by Crippen LogP contribution is 2.39. The van der Waals surface area contributed by atoms with E-state index >= 15 is 0 Å². The first-order valence-corrected chi connectivity index (χ1v) is 7.98. The minimum absolute atomic E-state index is 0.263. The summed E-state index contributed by atoms with van der Waals surface area (Å²) in [5, 5.41) is 13.9. The Hall–Kier alpha value is -1.19. The van der Waals surface area contributed by atoms with Crippen molar-refractivity contribution in [2.45, 2.75) is 49.7 Å². The molecule has 1 aromatic rings. The Morgan fingerprint density at radius 2 is 2.17 bits per heavy atom. The summed E-state index contributed by atoms with van der Waals surface area (Å²) in [6, 6.07) is 1.61. The smallest absolute Gasteiger partial charge is 0.370 e. The van der Waals surface area contributed by atoms with Gasteiger partial charge in [-0.3, -0.25) is 15.1 Å². The van der Waals surface area contributed by atoms with Gasteiger partial charge in [-0.05, 0) is 53.2 Å². The quantitative estimate of drug-likeness (QED) is 0.683. The van der Waals surface area contributed by atoms with Gasteiger partial charge >= 0.3 is 6.18 Å². The standard InChI is InChI=1S/C14H15BrF3N3O2/c15-8-5-7-1-2-9(10(7)19-6-8)20-11(22)13(3-4-13)21-12(23)14(16,17)18/h5-6,9,12,21,23H,1-4H2,(H,20,22). The van der Waals surface area contributed by atoms with Gasteiger partial charge in [0.05, 0.1) is 11.7 Å². The van der Waals surface area contributed by atoms with Crippen LogP contribution < -0.4 is 10.6 Å². The third-order valence-electron chi connectivity index (χ3n) is 4.21. The summed E-state index contributed by atoms with van der Waals surface area (Å²) in [6.07, 6.45) is -3.95. The number of carbonyl (C=O) groups excluding carboxylic acids is 1. The Kier molecular flexibility index (Phi) is 4.14. The molecule has 1 aromatic heterocycles. The fourth-order valence-corrected chi connectivity index (χ4v) is 3.16. The fraction of sp³-hybridized carbons (Fsp3) is 0.571. The Labute approximate surface area is 138 Å². The van der Waals surface area contributed by atoms with Crippen molar-refractivity contribution in [2.75, 3.05) is 0 Å². The molecule has 3 N–H and O–H groups in total. The van der Waals surface area contributed by atoms with Gasteiger partial charge in [-0.15, -0.1) is 0 Å². The van der Waals surface area contributed by atoms with Crippen LogP contribution in [-0.2, 0) is 11.2 Å². The largest absolute Gasteiger partial charge is 0.428 e. The number of nitrogens with one attached hydrogen (secondary N) is 2. The Morgan fingerprint density at radius 3 is 2.78 bits per heavy atom. The molecule has 126 valence electrons. The molecule has 0 bridgehead atoms. The first-order chi connectivity index (χ1) is 10.7. The van der Waals surface area contributed by atoms with Crippen molar-refractivity contribution < 1.29 is 23.1 Å². The molecule has 2 aliphatic rings. The second kappa shape index (κ2) is 5.71. The lowest BCUT2D eigenvalue weighted by atomic mass is 10.1. The first-order valence-electron chi connectivity index (χ1n) is 7.19. The van der Waals surface area contributed by atoms with Crippen LogP contribution in [0.5, 0.6) is 0 Å². The number of aliphatic hydroxyl groups excluding tert-OH is 1. The van der Waals surface area contributed by atoms with E-state index in [4.69, 9.17) is 5.11 Å². The number of pyridine rings is 1. The molecule has 23 heavy (non-hydrogen) atoms. The number of fused-ring (bicyclic) bond motifs is 1. The zero-order chi connectivity index (χ0) is 16.8. The second-order valence-corrected chi connectivity index (χ2v) is 6.85. The van der Waals surface area contributed by atoms with E-state index in [0.717, 1.165) is 22.2 Å². The monoisotopic (exact) mass is 393 g/mol. The molecule has 0 saturated heterocycles. The van der Waals surface area contributed by atoms with E-state index in [1.807, 2.05) is 11.4 Å². The zero-order valence-electron chi connectivity index (χ0n) is 12.0. The van der Waals surface area contributed by atoms with Gasteiger partial charge in [0.1, 0.15) is 5.54 Å². The Balaban J connectivity index is 1.67. The number of aryl methyl sites for hydroxylation is 1. The minimum atomic E-state index is -4.80. The predicted molar refractivity (Wildman–Crippen MR) is 78.3 cm³/mol. The van der Waals surface area contributed by atoms with Crippen molar-refractivity contribution in [2.24, 2.45) is 0 Å². The Bertz CT molecular complexity index is 634. The van der Waals surface area contributed by atoms with Gasteiger partial charge < -0.3 is 10.4 Å². The van der Waals surface area contributed by atoms with E-state index in [0.29, 0.717) is 6.42 Å². The second-order valence-electron chi connectivity index (χ2n) is 5.93. The molecule has 1 amide bonds. The summed E-state index contributed by atoms with van der Waals surface area (Å²) < 4.78 is 38.2. The topological polar surface area (TPSA) is 74.2 Å². The average Bonchev–Trinajstić information content (AvgIpc) is 3.14. The lowest BCUT2D eigenvalue weighted by molar-refractivity contribution is -0.216. The molecule has 2 atom stereocenters. The summed E-state index contributed by atoms with van der Waals surface area (Å²) in [4.78, 5) is 16.6. The predicted octanol–water partition coefficient (Wildman–Crippen LogP) is 1.95. The maximum atomic E-state index is 12.5. The molecule has 9 heteroatoms. The first kappa shape index (κ1) is 16.7. The molecule has 0 aromatic carbocycles. The van der Waals surface area contributed by atoms with Crippen LogP contribution in [-0.4, -0.2) is 33.9 Å². The number of carbonyl (C=O) groups is 1. The van der Waals surface area contributed by atoms with Crippen molar-refractivity contribution in [3.63, 3.8) is 0 Å². The molecule has 1 saturated carbocycles. The summed E-state index contributed by atoms with van der Waals surface area (Å²) in [5.41, 5.74) is 0.416. The molecule has 1 fully saturated rings. The third-order valence-corrected chi connectivity index (χ3v) is 4.65. The molecular weight excluding hydrogens is 379 g/mol. The molecule has 2 unspecified atom stereocenters. The third kappa shape index (κ3) is 3.36. The van der Waals surface area contributed by atoms with Crippen molar-refractivity contribution in [3.8, 4) is 0 Å².